The summed E-state index contributed by atoms with van der Waals surface area (Å²) in [5.41, 5.74) is 12.1. The molecule has 1 rings (SSSR count). The van der Waals surface area contributed by atoms with Crippen molar-refractivity contribution in [3.63, 3.8) is 0 Å². The van der Waals surface area contributed by atoms with Gasteiger partial charge in [-0.1, -0.05) is 32.4 Å². The third-order valence-corrected chi connectivity index (χ3v) is 5.72. The maximum absolute atomic E-state index is 13.2. The van der Waals surface area contributed by atoms with E-state index in [9.17, 15) is 29.4 Å². The highest BCUT2D eigenvalue weighted by Gasteiger charge is 2.31. The van der Waals surface area contributed by atoms with E-state index < -0.39 is 47.9 Å². The van der Waals surface area contributed by atoms with E-state index in [4.69, 9.17) is 11.5 Å². The molecule has 4 atom stereocenters. The van der Waals surface area contributed by atoms with Crippen molar-refractivity contribution in [2.75, 3.05) is 12.3 Å². The average molecular weight is 512 g/mol. The van der Waals surface area contributed by atoms with Crippen molar-refractivity contribution in [3.8, 4) is 5.75 Å². The van der Waals surface area contributed by atoms with Crippen LogP contribution in [0.4, 0.5) is 0 Å². The number of carbonyl (C=O) groups excluding carboxylic acids is 3. The fourth-order valence-corrected chi connectivity index (χ4v) is 3.48. The van der Waals surface area contributed by atoms with Crippen molar-refractivity contribution in [2.45, 2.75) is 63.7 Å². The van der Waals surface area contributed by atoms with Crippen molar-refractivity contribution in [3.05, 3.63) is 29.8 Å². The van der Waals surface area contributed by atoms with Crippen LogP contribution in [0.25, 0.3) is 0 Å². The molecule has 0 aliphatic rings. The molecule has 0 saturated carbocycles. The second-order valence-corrected chi connectivity index (χ2v) is 9.00. The molecule has 1 aromatic rings. The minimum absolute atomic E-state index is 0.0504. The number of nitrogens with one attached hydrogen (secondary N) is 3. The van der Waals surface area contributed by atoms with Gasteiger partial charge in [-0.25, -0.2) is 4.79 Å². The molecule has 0 aliphatic carbocycles. The van der Waals surface area contributed by atoms with Crippen LogP contribution >= 0.6 is 12.6 Å². The van der Waals surface area contributed by atoms with Crippen LogP contribution in [0.1, 0.15) is 38.7 Å². The SMILES string of the molecule is CC(C)C(NC(=O)C(Cc1ccc(O)cc1)NC(=O)C(N)CCCCN)C(=O)NC(CS)C(=O)O. The zero-order valence-electron chi connectivity index (χ0n) is 20.1. The van der Waals surface area contributed by atoms with Crippen LogP contribution in [0, 0.1) is 5.92 Å². The highest BCUT2D eigenvalue weighted by atomic mass is 32.1. The van der Waals surface area contributed by atoms with Gasteiger partial charge in [0.2, 0.25) is 17.7 Å². The van der Waals surface area contributed by atoms with Crippen molar-refractivity contribution in [1.29, 1.82) is 0 Å². The minimum Gasteiger partial charge on any atom is -0.508 e. The summed E-state index contributed by atoms with van der Waals surface area (Å²) in [6, 6.07) is 1.95. The minimum atomic E-state index is -1.25. The van der Waals surface area contributed by atoms with Gasteiger partial charge in [0.15, 0.2) is 0 Å². The summed E-state index contributed by atoms with van der Waals surface area (Å²) in [6.45, 7) is 3.87. The Bertz CT molecular complexity index is 851. The number of rotatable bonds is 15. The van der Waals surface area contributed by atoms with Crippen molar-refractivity contribution in [2.24, 2.45) is 17.4 Å². The number of phenolic OH excluding ortho intramolecular Hbond substituents is 1. The Morgan fingerprint density at radius 1 is 0.943 bits per heavy atom. The van der Waals surface area contributed by atoms with Crippen LogP contribution in [-0.4, -0.2) is 70.4 Å². The fraction of sp³-hybridized carbons (Fsp3) is 0.565. The van der Waals surface area contributed by atoms with Crippen LogP contribution in [-0.2, 0) is 25.6 Å². The lowest BCUT2D eigenvalue weighted by atomic mass is 10.00. The summed E-state index contributed by atoms with van der Waals surface area (Å²) in [6.07, 6.45) is 1.85. The van der Waals surface area contributed by atoms with Gasteiger partial charge in [-0.15, -0.1) is 0 Å². The van der Waals surface area contributed by atoms with Crippen LogP contribution in [0.5, 0.6) is 5.75 Å². The molecule has 0 fully saturated rings. The van der Waals surface area contributed by atoms with Gasteiger partial charge < -0.3 is 37.6 Å². The highest BCUT2D eigenvalue weighted by Crippen LogP contribution is 2.13. The number of amides is 3. The lowest BCUT2D eigenvalue weighted by molar-refractivity contribution is -0.142. The van der Waals surface area contributed by atoms with Crippen molar-refractivity contribution in [1.82, 2.24) is 16.0 Å². The van der Waals surface area contributed by atoms with Crippen LogP contribution in [0.3, 0.4) is 0 Å². The van der Waals surface area contributed by atoms with Gasteiger partial charge >= 0.3 is 5.97 Å². The lowest BCUT2D eigenvalue weighted by Gasteiger charge is -2.27. The average Bonchev–Trinajstić information content (AvgIpc) is 2.81. The number of benzene rings is 1. The first-order valence-electron chi connectivity index (χ1n) is 11.5. The zero-order valence-corrected chi connectivity index (χ0v) is 21.0. The number of hydrogen-bond acceptors (Lipinski definition) is 8. The Kier molecular flexibility index (Phi) is 13.1. The van der Waals surface area contributed by atoms with Crippen LogP contribution in [0.15, 0.2) is 24.3 Å². The Balaban J connectivity index is 3.04. The molecule has 196 valence electrons. The summed E-state index contributed by atoms with van der Waals surface area (Å²) in [4.78, 5) is 49.8. The van der Waals surface area contributed by atoms with Gasteiger partial charge in [-0.05, 0) is 43.0 Å². The fourth-order valence-electron chi connectivity index (χ4n) is 3.23. The predicted octanol–water partition coefficient (Wildman–Crippen LogP) is -0.484. The number of carbonyl (C=O) groups is 4. The third-order valence-electron chi connectivity index (χ3n) is 5.36. The number of thiol groups is 1. The van der Waals surface area contributed by atoms with E-state index in [0.717, 1.165) is 0 Å². The maximum Gasteiger partial charge on any atom is 0.327 e. The molecule has 0 saturated heterocycles. The summed E-state index contributed by atoms with van der Waals surface area (Å²) in [7, 11) is 0. The molecule has 12 heteroatoms. The number of phenols is 1. The van der Waals surface area contributed by atoms with Crippen LogP contribution < -0.4 is 27.4 Å². The second-order valence-electron chi connectivity index (χ2n) is 8.63. The molecule has 11 nitrogen and oxygen atoms in total. The first kappa shape index (κ1) is 30.2. The summed E-state index contributed by atoms with van der Waals surface area (Å²) in [5, 5.41) is 26.4. The lowest BCUT2D eigenvalue weighted by Crippen LogP contribution is -2.59. The van der Waals surface area contributed by atoms with E-state index >= 15 is 0 Å². The normalized spacial score (nSPS) is 14.5. The largest absolute Gasteiger partial charge is 0.508 e. The van der Waals surface area contributed by atoms with Gasteiger partial charge in [0.05, 0.1) is 6.04 Å². The zero-order chi connectivity index (χ0) is 26.5. The molecular weight excluding hydrogens is 474 g/mol. The van der Waals surface area contributed by atoms with Crippen molar-refractivity contribution < 1.29 is 29.4 Å². The number of unbranched alkanes of at least 4 members (excludes halogenated alkanes) is 1. The molecular formula is C23H37N5O6S. The standard InChI is InChI=1S/C23H37N5O6S/c1-13(2)19(22(32)27-18(12-35)23(33)34)28-21(31)17(11-14-6-8-15(29)9-7-14)26-20(30)16(25)5-3-4-10-24/h6-9,13,16-19,29,35H,3-5,10-12,24-25H2,1-2H3,(H,26,30)(H,27,32)(H,28,31)(H,33,34). The molecule has 35 heavy (non-hydrogen) atoms. The summed E-state index contributed by atoms with van der Waals surface area (Å²) < 4.78 is 0. The van der Waals surface area contributed by atoms with Gasteiger partial charge in [0.1, 0.15) is 23.9 Å². The van der Waals surface area contributed by atoms with E-state index in [0.29, 0.717) is 31.4 Å². The summed E-state index contributed by atoms with van der Waals surface area (Å²) >= 11 is 3.94. The highest BCUT2D eigenvalue weighted by molar-refractivity contribution is 7.80. The second kappa shape index (κ2) is 15.2. The number of nitrogens with two attached hydrogens (primary N) is 2. The van der Waals surface area contributed by atoms with Gasteiger partial charge in [-0.2, -0.15) is 12.6 Å². The predicted molar refractivity (Wildman–Crippen MR) is 135 cm³/mol. The Morgan fingerprint density at radius 3 is 2.06 bits per heavy atom. The molecule has 1 aromatic carbocycles. The number of carboxylic acid groups (broad SMARTS) is 1. The van der Waals surface area contributed by atoms with Gasteiger partial charge in [-0.3, -0.25) is 14.4 Å². The quantitative estimate of drug-likeness (QED) is 0.114. The number of carboxylic acids is 1. The number of aromatic hydroxyl groups is 1. The molecule has 0 bridgehead atoms. The number of aliphatic carboxylic acids is 1. The monoisotopic (exact) mass is 511 g/mol. The van der Waals surface area contributed by atoms with E-state index in [1.807, 2.05) is 0 Å². The first-order chi connectivity index (χ1) is 16.5. The van der Waals surface area contributed by atoms with E-state index in [-0.39, 0.29) is 23.8 Å². The molecule has 0 aliphatic heterocycles. The van der Waals surface area contributed by atoms with Gasteiger partial charge in [0, 0.05) is 12.2 Å². The Labute approximate surface area is 210 Å². The topological polar surface area (TPSA) is 197 Å². The van der Waals surface area contributed by atoms with Crippen molar-refractivity contribution >= 4 is 36.3 Å². The molecule has 0 aromatic heterocycles. The van der Waals surface area contributed by atoms with Gasteiger partial charge in [0.25, 0.3) is 0 Å². The summed E-state index contributed by atoms with van der Waals surface area (Å²) in [5.74, 6) is -3.53. The number of hydrogen-bond donors (Lipinski definition) is 8. The van der Waals surface area contributed by atoms with E-state index in [2.05, 4.69) is 28.6 Å². The Hall–Kier alpha value is -2.83. The third kappa shape index (κ3) is 10.5. The van der Waals surface area contributed by atoms with Crippen LogP contribution in [0.2, 0.25) is 0 Å². The molecule has 9 N–H and O–H groups in total. The molecule has 0 radical (unpaired) electrons. The molecule has 0 heterocycles. The molecule has 0 spiro atoms. The Morgan fingerprint density at radius 2 is 1.54 bits per heavy atom. The first-order valence-corrected chi connectivity index (χ1v) is 12.1. The smallest absolute Gasteiger partial charge is 0.327 e. The molecule has 3 amide bonds. The maximum atomic E-state index is 13.2. The van der Waals surface area contributed by atoms with E-state index in [1.54, 1.807) is 26.0 Å². The molecule has 4 unspecified atom stereocenters. The van der Waals surface area contributed by atoms with E-state index in [1.165, 1.54) is 12.1 Å².